The van der Waals surface area contributed by atoms with Crippen molar-refractivity contribution in [2.45, 2.75) is 19.4 Å². The average Bonchev–Trinajstić information content (AvgIpc) is 2.30. The Balaban J connectivity index is 0.000000255. The maximum atomic E-state index is 10.0. The van der Waals surface area contributed by atoms with E-state index in [1.54, 1.807) is 19.1 Å². The van der Waals surface area contributed by atoms with Gasteiger partial charge in [0.1, 0.15) is 18.7 Å². The van der Waals surface area contributed by atoms with E-state index < -0.39 is 6.10 Å². The predicted octanol–water partition coefficient (Wildman–Crippen LogP) is 1.46. The van der Waals surface area contributed by atoms with E-state index in [1.165, 1.54) is 0 Å². The number of benzene rings is 1. The largest absolute Gasteiger partial charge is 0.386 e. The van der Waals surface area contributed by atoms with E-state index in [1.807, 2.05) is 18.2 Å². The number of carbonyl (C=O) groups excluding carboxylic acids is 2. The van der Waals surface area contributed by atoms with Gasteiger partial charge >= 0.3 is 0 Å². The number of aldehydes is 2. The van der Waals surface area contributed by atoms with Gasteiger partial charge in [-0.1, -0.05) is 37.3 Å². The highest BCUT2D eigenvalue weighted by Gasteiger charge is 1.91. The van der Waals surface area contributed by atoms with E-state index in [4.69, 9.17) is 5.11 Å². The summed E-state index contributed by atoms with van der Waals surface area (Å²) in [7, 11) is 0. The van der Waals surface area contributed by atoms with Crippen molar-refractivity contribution in [1.29, 1.82) is 0 Å². The Hall–Kier alpha value is -1.48. The number of hydrogen-bond acceptors (Lipinski definition) is 3. The molecule has 0 spiro atoms. The predicted molar refractivity (Wildman–Crippen MR) is 54.2 cm³/mol. The lowest BCUT2D eigenvalue weighted by molar-refractivity contribution is -0.114. The van der Waals surface area contributed by atoms with Crippen molar-refractivity contribution in [3.63, 3.8) is 0 Å². The van der Waals surface area contributed by atoms with Crippen molar-refractivity contribution < 1.29 is 14.7 Å². The summed E-state index contributed by atoms with van der Waals surface area (Å²) in [5.41, 5.74) is 0.729. The molecule has 1 aromatic rings. The lowest BCUT2D eigenvalue weighted by Gasteiger charge is -1.89. The molecule has 3 nitrogen and oxygen atoms in total. The molecule has 0 radical (unpaired) electrons. The van der Waals surface area contributed by atoms with Crippen LogP contribution < -0.4 is 0 Å². The normalized spacial score (nSPS) is 10.7. The molecule has 0 bridgehead atoms. The molecule has 0 fully saturated rings. The van der Waals surface area contributed by atoms with Gasteiger partial charge in [0.25, 0.3) is 0 Å². The number of rotatable bonds is 3. The van der Waals surface area contributed by atoms with E-state index in [2.05, 4.69) is 0 Å². The summed E-state index contributed by atoms with van der Waals surface area (Å²) in [4.78, 5) is 19.5. The topological polar surface area (TPSA) is 54.4 Å². The lowest BCUT2D eigenvalue weighted by atomic mass is 10.2. The fraction of sp³-hybridized carbons (Fsp3) is 0.273. The molecule has 0 saturated heterocycles. The van der Waals surface area contributed by atoms with E-state index in [-0.39, 0.29) is 0 Å². The molecule has 0 aliphatic carbocycles. The van der Waals surface area contributed by atoms with Crippen molar-refractivity contribution in [1.82, 2.24) is 0 Å². The first kappa shape index (κ1) is 12.5. The molecular formula is C11H14O3. The second-order valence-corrected chi connectivity index (χ2v) is 2.64. The van der Waals surface area contributed by atoms with Crippen LogP contribution in [0, 0.1) is 0 Å². The summed E-state index contributed by atoms with van der Waals surface area (Å²) < 4.78 is 0. The molecule has 1 atom stereocenters. The van der Waals surface area contributed by atoms with Gasteiger partial charge in [-0.15, -0.1) is 0 Å². The maximum absolute atomic E-state index is 10.0. The Labute approximate surface area is 83.4 Å². The first-order valence-corrected chi connectivity index (χ1v) is 4.38. The minimum atomic E-state index is -0.745. The van der Waals surface area contributed by atoms with E-state index in [0.717, 1.165) is 11.8 Å². The minimum Gasteiger partial charge on any atom is -0.386 e. The summed E-state index contributed by atoms with van der Waals surface area (Å²) in [6.07, 6.45) is 1.13. The van der Waals surface area contributed by atoms with Gasteiger partial charge < -0.3 is 9.90 Å². The van der Waals surface area contributed by atoms with Gasteiger partial charge in [-0.05, 0) is 6.42 Å². The quantitative estimate of drug-likeness (QED) is 0.741. The molecule has 1 unspecified atom stereocenters. The SMILES string of the molecule is CCC(O)C=O.O=Cc1ccccc1. The highest BCUT2D eigenvalue weighted by molar-refractivity contribution is 5.74. The zero-order valence-electron chi connectivity index (χ0n) is 8.09. The molecule has 14 heavy (non-hydrogen) atoms. The second-order valence-electron chi connectivity index (χ2n) is 2.64. The molecule has 0 aromatic heterocycles. The summed E-state index contributed by atoms with van der Waals surface area (Å²) >= 11 is 0. The van der Waals surface area contributed by atoms with Crippen LogP contribution in [0.25, 0.3) is 0 Å². The average molecular weight is 194 g/mol. The minimum absolute atomic E-state index is 0.517. The van der Waals surface area contributed by atoms with Gasteiger partial charge in [-0.2, -0.15) is 0 Å². The van der Waals surface area contributed by atoms with E-state index >= 15 is 0 Å². The molecule has 1 N–H and O–H groups in total. The van der Waals surface area contributed by atoms with Gasteiger partial charge in [-0.3, -0.25) is 4.79 Å². The van der Waals surface area contributed by atoms with Gasteiger partial charge in [0, 0.05) is 5.56 Å². The highest BCUT2D eigenvalue weighted by atomic mass is 16.3. The van der Waals surface area contributed by atoms with Crippen LogP contribution in [0.15, 0.2) is 30.3 Å². The van der Waals surface area contributed by atoms with Crippen molar-refractivity contribution in [2.24, 2.45) is 0 Å². The van der Waals surface area contributed by atoms with Crippen LogP contribution in [0.1, 0.15) is 23.7 Å². The van der Waals surface area contributed by atoms with Crippen LogP contribution in [0.4, 0.5) is 0 Å². The lowest BCUT2D eigenvalue weighted by Crippen LogP contribution is -2.03. The zero-order valence-corrected chi connectivity index (χ0v) is 8.09. The van der Waals surface area contributed by atoms with Crippen LogP contribution in [0.2, 0.25) is 0 Å². The molecule has 0 amide bonds. The third-order valence-corrected chi connectivity index (χ3v) is 1.51. The van der Waals surface area contributed by atoms with Crippen molar-refractivity contribution in [2.75, 3.05) is 0 Å². The molecule has 76 valence electrons. The summed E-state index contributed by atoms with van der Waals surface area (Å²) in [5, 5.41) is 8.30. The number of hydrogen-bond donors (Lipinski definition) is 1. The molecule has 1 aromatic carbocycles. The Morgan fingerprint density at radius 3 is 2.07 bits per heavy atom. The second kappa shape index (κ2) is 8.13. The molecule has 0 saturated carbocycles. The van der Waals surface area contributed by atoms with Crippen LogP contribution in [0.5, 0.6) is 0 Å². The summed E-state index contributed by atoms with van der Waals surface area (Å²) in [6, 6.07) is 9.10. The maximum Gasteiger partial charge on any atom is 0.150 e. The molecule has 0 heterocycles. The van der Waals surface area contributed by atoms with Gasteiger partial charge in [0.2, 0.25) is 0 Å². The highest BCUT2D eigenvalue weighted by Crippen LogP contribution is 1.91. The van der Waals surface area contributed by atoms with Crippen molar-refractivity contribution >= 4 is 12.6 Å². The standard InChI is InChI=1S/C7H6O.C4H8O2/c8-6-7-4-2-1-3-5-7;1-2-4(6)3-5/h1-6H;3-4,6H,2H2,1H3. The summed E-state index contributed by atoms with van der Waals surface area (Å²) in [6.45, 7) is 1.75. The van der Waals surface area contributed by atoms with Gasteiger partial charge in [0.05, 0.1) is 0 Å². The zero-order chi connectivity index (χ0) is 10.8. The molecule has 0 aliphatic heterocycles. The van der Waals surface area contributed by atoms with Crippen molar-refractivity contribution in [3.8, 4) is 0 Å². The first-order valence-electron chi connectivity index (χ1n) is 4.38. The van der Waals surface area contributed by atoms with E-state index in [0.29, 0.717) is 12.7 Å². The van der Waals surface area contributed by atoms with Crippen molar-refractivity contribution in [3.05, 3.63) is 35.9 Å². The Kier molecular flexibility index (Phi) is 7.27. The number of aliphatic hydroxyl groups excluding tert-OH is 1. The number of aliphatic hydroxyl groups is 1. The molecule has 3 heteroatoms. The van der Waals surface area contributed by atoms with Gasteiger partial charge in [0.15, 0.2) is 0 Å². The van der Waals surface area contributed by atoms with Gasteiger partial charge in [-0.25, -0.2) is 0 Å². The molecule has 0 aliphatic rings. The summed E-state index contributed by atoms with van der Waals surface area (Å²) in [5.74, 6) is 0. The fourth-order valence-corrected chi connectivity index (χ4v) is 0.628. The smallest absolute Gasteiger partial charge is 0.150 e. The Bertz CT molecular complexity index is 256. The monoisotopic (exact) mass is 194 g/mol. The Morgan fingerprint density at radius 1 is 1.29 bits per heavy atom. The Morgan fingerprint density at radius 2 is 1.86 bits per heavy atom. The van der Waals surface area contributed by atoms with Crippen LogP contribution in [-0.2, 0) is 4.79 Å². The number of carbonyl (C=O) groups is 2. The third-order valence-electron chi connectivity index (χ3n) is 1.51. The third kappa shape index (κ3) is 6.08. The fourth-order valence-electron chi connectivity index (χ4n) is 0.628. The van der Waals surface area contributed by atoms with Crippen LogP contribution >= 0.6 is 0 Å². The van der Waals surface area contributed by atoms with E-state index in [9.17, 15) is 9.59 Å². The molecular weight excluding hydrogens is 180 g/mol. The first-order chi connectivity index (χ1) is 6.74. The van der Waals surface area contributed by atoms with Crippen LogP contribution in [0.3, 0.4) is 0 Å². The van der Waals surface area contributed by atoms with Crippen LogP contribution in [-0.4, -0.2) is 23.8 Å². The molecule has 1 rings (SSSR count).